The smallest absolute Gasteiger partial charge is 0.0674 e. The van der Waals surface area contributed by atoms with Gasteiger partial charge in [0.15, 0.2) is 0 Å². The lowest BCUT2D eigenvalue weighted by molar-refractivity contribution is 0.676. The summed E-state index contributed by atoms with van der Waals surface area (Å²) in [5, 5.41) is 8.70. The Kier molecular flexibility index (Phi) is 4.84. The Bertz CT molecular complexity index is 602. The average Bonchev–Trinajstić information content (AvgIpc) is 2.66. The summed E-state index contributed by atoms with van der Waals surface area (Å²) in [6, 6.07) is 6.22. The first-order chi connectivity index (χ1) is 9.54. The van der Waals surface area contributed by atoms with Crippen molar-refractivity contribution in [3.05, 3.63) is 40.2 Å². The van der Waals surface area contributed by atoms with Crippen LogP contribution < -0.4 is 5.32 Å². The number of hydrogen-bond donors (Lipinski definition) is 1. The Hall–Kier alpha value is -1.32. The summed E-state index contributed by atoms with van der Waals surface area (Å²) in [4.78, 5) is 0. The molecule has 0 atom stereocenters. The van der Waals surface area contributed by atoms with Crippen LogP contribution in [0.2, 0.25) is 5.02 Å². The van der Waals surface area contributed by atoms with Crippen molar-refractivity contribution >= 4 is 11.6 Å². The quantitative estimate of drug-likeness (QED) is 0.848. The van der Waals surface area contributed by atoms with Crippen LogP contribution in [0.25, 0.3) is 11.1 Å². The van der Waals surface area contributed by atoms with Gasteiger partial charge in [0, 0.05) is 29.9 Å². The molecule has 0 fully saturated rings. The fourth-order valence-electron chi connectivity index (χ4n) is 2.46. The summed E-state index contributed by atoms with van der Waals surface area (Å²) < 4.78 is 1.92. The lowest BCUT2D eigenvalue weighted by atomic mass is 10.0. The lowest BCUT2D eigenvalue weighted by Crippen LogP contribution is -2.14. The largest absolute Gasteiger partial charge is 0.313 e. The van der Waals surface area contributed by atoms with Crippen LogP contribution in [0.4, 0.5) is 0 Å². The average molecular weight is 292 g/mol. The third-order valence-corrected chi connectivity index (χ3v) is 3.95. The van der Waals surface area contributed by atoms with Gasteiger partial charge in [0.1, 0.15) is 0 Å². The molecular weight excluding hydrogens is 270 g/mol. The van der Waals surface area contributed by atoms with Gasteiger partial charge in [0.2, 0.25) is 0 Å². The van der Waals surface area contributed by atoms with Crippen LogP contribution in [0.15, 0.2) is 18.2 Å². The molecule has 0 radical (unpaired) electrons. The fraction of sp³-hybridized carbons (Fsp3) is 0.438. The molecule has 1 N–H and O–H groups in total. The van der Waals surface area contributed by atoms with E-state index in [2.05, 4.69) is 36.4 Å². The van der Waals surface area contributed by atoms with Crippen molar-refractivity contribution in [1.29, 1.82) is 0 Å². The maximum absolute atomic E-state index is 6.29. The van der Waals surface area contributed by atoms with Crippen molar-refractivity contribution in [2.24, 2.45) is 7.05 Å². The first-order valence-electron chi connectivity index (χ1n) is 7.04. The van der Waals surface area contributed by atoms with Crippen molar-refractivity contribution in [3.8, 4) is 11.1 Å². The van der Waals surface area contributed by atoms with Gasteiger partial charge in [-0.25, -0.2) is 0 Å². The Labute approximate surface area is 126 Å². The second-order valence-corrected chi connectivity index (χ2v) is 5.56. The van der Waals surface area contributed by atoms with E-state index in [-0.39, 0.29) is 0 Å². The number of halogens is 1. The van der Waals surface area contributed by atoms with Gasteiger partial charge in [-0.05, 0) is 50.1 Å². The molecule has 2 aromatic rings. The van der Waals surface area contributed by atoms with E-state index in [9.17, 15) is 0 Å². The van der Waals surface area contributed by atoms with Crippen molar-refractivity contribution in [2.45, 2.75) is 33.7 Å². The Morgan fingerprint density at radius 1 is 1.30 bits per heavy atom. The highest BCUT2D eigenvalue weighted by atomic mass is 35.5. The molecule has 1 aromatic carbocycles. The molecular formula is C16H22ClN3. The zero-order chi connectivity index (χ0) is 14.7. The summed E-state index contributed by atoms with van der Waals surface area (Å²) in [6.45, 7) is 8.11. The SMILES string of the molecule is CCCNCc1cc(-c2c(C)nn(C)c2C)ccc1Cl. The van der Waals surface area contributed by atoms with Crippen molar-refractivity contribution < 1.29 is 0 Å². The summed E-state index contributed by atoms with van der Waals surface area (Å²) in [5.41, 5.74) is 5.77. The predicted molar refractivity (Wildman–Crippen MR) is 85.1 cm³/mol. The van der Waals surface area contributed by atoms with E-state index in [1.807, 2.05) is 24.7 Å². The Morgan fingerprint density at radius 3 is 2.65 bits per heavy atom. The van der Waals surface area contributed by atoms with E-state index in [0.717, 1.165) is 35.8 Å². The van der Waals surface area contributed by atoms with Gasteiger partial charge < -0.3 is 5.32 Å². The first-order valence-corrected chi connectivity index (χ1v) is 7.42. The molecule has 108 valence electrons. The van der Waals surface area contributed by atoms with Gasteiger partial charge in [0.25, 0.3) is 0 Å². The Morgan fingerprint density at radius 2 is 2.05 bits per heavy atom. The number of nitrogens with one attached hydrogen (secondary N) is 1. The van der Waals surface area contributed by atoms with Gasteiger partial charge in [-0.3, -0.25) is 4.68 Å². The molecule has 20 heavy (non-hydrogen) atoms. The molecule has 0 bridgehead atoms. The van der Waals surface area contributed by atoms with E-state index >= 15 is 0 Å². The molecule has 3 nitrogen and oxygen atoms in total. The van der Waals surface area contributed by atoms with Crippen LogP contribution in [0.5, 0.6) is 0 Å². The Balaban J connectivity index is 2.35. The molecule has 2 rings (SSSR count). The topological polar surface area (TPSA) is 29.9 Å². The van der Waals surface area contributed by atoms with Gasteiger partial charge in [-0.15, -0.1) is 0 Å². The summed E-state index contributed by atoms with van der Waals surface area (Å²) in [7, 11) is 1.98. The van der Waals surface area contributed by atoms with Gasteiger partial charge >= 0.3 is 0 Å². The molecule has 1 aromatic heterocycles. The molecule has 4 heteroatoms. The third kappa shape index (κ3) is 3.05. The zero-order valence-electron chi connectivity index (χ0n) is 12.6. The molecule has 1 heterocycles. The van der Waals surface area contributed by atoms with Crippen LogP contribution in [0.1, 0.15) is 30.3 Å². The number of hydrogen-bond acceptors (Lipinski definition) is 2. The molecule has 0 spiro atoms. The maximum atomic E-state index is 6.29. The van der Waals surface area contributed by atoms with Crippen molar-refractivity contribution in [2.75, 3.05) is 6.54 Å². The van der Waals surface area contributed by atoms with E-state index in [4.69, 9.17) is 11.6 Å². The van der Waals surface area contributed by atoms with E-state index in [1.165, 1.54) is 16.8 Å². The highest BCUT2D eigenvalue weighted by Gasteiger charge is 2.13. The lowest BCUT2D eigenvalue weighted by Gasteiger charge is -2.09. The highest BCUT2D eigenvalue weighted by Crippen LogP contribution is 2.29. The molecule has 0 saturated heterocycles. The first kappa shape index (κ1) is 15.1. The molecule has 0 aliphatic heterocycles. The molecule has 0 amide bonds. The third-order valence-electron chi connectivity index (χ3n) is 3.59. The monoisotopic (exact) mass is 291 g/mol. The summed E-state index contributed by atoms with van der Waals surface area (Å²) in [6.07, 6.45) is 1.12. The predicted octanol–water partition coefficient (Wildman–Crippen LogP) is 3.86. The fourth-order valence-corrected chi connectivity index (χ4v) is 2.64. The van der Waals surface area contributed by atoms with Gasteiger partial charge in [0.05, 0.1) is 5.69 Å². The van der Waals surface area contributed by atoms with Crippen LogP contribution in [0, 0.1) is 13.8 Å². The van der Waals surface area contributed by atoms with E-state index in [0.29, 0.717) is 0 Å². The van der Waals surface area contributed by atoms with Crippen molar-refractivity contribution in [1.82, 2.24) is 15.1 Å². The van der Waals surface area contributed by atoms with Gasteiger partial charge in [-0.1, -0.05) is 24.6 Å². The molecule has 0 aliphatic rings. The maximum Gasteiger partial charge on any atom is 0.0674 e. The molecule has 0 aliphatic carbocycles. The zero-order valence-corrected chi connectivity index (χ0v) is 13.4. The minimum atomic E-state index is 0.804. The number of nitrogens with zero attached hydrogens (tertiary/aromatic N) is 2. The molecule has 0 unspecified atom stereocenters. The van der Waals surface area contributed by atoms with Crippen LogP contribution >= 0.6 is 11.6 Å². The minimum Gasteiger partial charge on any atom is -0.313 e. The summed E-state index contributed by atoms with van der Waals surface area (Å²) >= 11 is 6.29. The second kappa shape index (κ2) is 6.42. The molecule has 0 saturated carbocycles. The van der Waals surface area contributed by atoms with Crippen LogP contribution in [-0.2, 0) is 13.6 Å². The van der Waals surface area contributed by atoms with Crippen LogP contribution in [-0.4, -0.2) is 16.3 Å². The highest BCUT2D eigenvalue weighted by molar-refractivity contribution is 6.31. The van der Waals surface area contributed by atoms with Gasteiger partial charge in [-0.2, -0.15) is 5.10 Å². The normalized spacial score (nSPS) is 11.1. The van der Waals surface area contributed by atoms with E-state index < -0.39 is 0 Å². The second-order valence-electron chi connectivity index (χ2n) is 5.15. The standard InChI is InChI=1S/C16H22ClN3/c1-5-8-18-10-14-9-13(6-7-15(14)17)16-11(2)19-20(4)12(16)3/h6-7,9,18H,5,8,10H2,1-4H3. The van der Waals surface area contributed by atoms with Crippen molar-refractivity contribution in [3.63, 3.8) is 0 Å². The number of aromatic nitrogens is 2. The number of aryl methyl sites for hydroxylation is 2. The minimum absolute atomic E-state index is 0.804. The summed E-state index contributed by atoms with van der Waals surface area (Å²) in [5.74, 6) is 0. The van der Waals surface area contributed by atoms with E-state index in [1.54, 1.807) is 0 Å². The number of rotatable bonds is 5. The van der Waals surface area contributed by atoms with Crippen LogP contribution in [0.3, 0.4) is 0 Å². The number of benzene rings is 1.